The van der Waals surface area contributed by atoms with Gasteiger partial charge in [-0.3, -0.25) is 0 Å². The van der Waals surface area contributed by atoms with Crippen LogP contribution in [-0.2, 0) is 6.54 Å². The lowest BCUT2D eigenvalue weighted by Gasteiger charge is -2.22. The van der Waals surface area contributed by atoms with E-state index < -0.39 is 0 Å². The summed E-state index contributed by atoms with van der Waals surface area (Å²) in [4.78, 5) is 14.3. The molecule has 174 valence electrons. The number of nitrogens with one attached hydrogen (secondary N) is 2. The fourth-order valence-corrected chi connectivity index (χ4v) is 4.39. The van der Waals surface area contributed by atoms with Crippen LogP contribution in [0, 0.1) is 0 Å². The van der Waals surface area contributed by atoms with Gasteiger partial charge in [0.25, 0.3) is 0 Å². The number of anilines is 2. The van der Waals surface area contributed by atoms with Crippen molar-refractivity contribution >= 4 is 41.4 Å². The molecule has 6 nitrogen and oxygen atoms in total. The Labute approximate surface area is 209 Å². The SMILES string of the molecule is CCNC(=NCc1ccc(N2CCCC2)nc1)NC(C)c1cccc(N2CCCC2)c1.I. The van der Waals surface area contributed by atoms with Gasteiger partial charge in [-0.25, -0.2) is 9.98 Å². The second-order valence-electron chi connectivity index (χ2n) is 8.57. The molecule has 0 spiro atoms. The summed E-state index contributed by atoms with van der Waals surface area (Å²) in [6.45, 7) is 10.3. The van der Waals surface area contributed by atoms with Gasteiger partial charge in [-0.15, -0.1) is 24.0 Å². The molecule has 0 aliphatic carbocycles. The molecule has 0 radical (unpaired) electrons. The molecule has 2 fully saturated rings. The summed E-state index contributed by atoms with van der Waals surface area (Å²) in [5.41, 5.74) is 3.74. The Balaban J connectivity index is 0.00000289. The Morgan fingerprint density at radius 1 is 1.03 bits per heavy atom. The predicted molar refractivity (Wildman–Crippen MR) is 145 cm³/mol. The third-order valence-corrected chi connectivity index (χ3v) is 6.20. The Morgan fingerprint density at radius 2 is 1.75 bits per heavy atom. The molecule has 1 aromatic carbocycles. The highest BCUT2D eigenvalue weighted by Gasteiger charge is 2.15. The van der Waals surface area contributed by atoms with Gasteiger partial charge in [0.2, 0.25) is 0 Å². The number of aliphatic imine (C=N–C) groups is 1. The van der Waals surface area contributed by atoms with E-state index in [1.54, 1.807) is 0 Å². The molecule has 3 heterocycles. The van der Waals surface area contributed by atoms with Crippen LogP contribution in [0.25, 0.3) is 0 Å². The highest BCUT2D eigenvalue weighted by atomic mass is 127. The highest BCUT2D eigenvalue weighted by molar-refractivity contribution is 14.0. The summed E-state index contributed by atoms with van der Waals surface area (Å²) >= 11 is 0. The normalized spacial score (nSPS) is 17.2. The monoisotopic (exact) mass is 548 g/mol. The first-order valence-electron chi connectivity index (χ1n) is 11.8. The largest absolute Gasteiger partial charge is 0.372 e. The predicted octanol–water partition coefficient (Wildman–Crippen LogP) is 4.72. The third-order valence-electron chi connectivity index (χ3n) is 6.20. The molecular formula is C25H37IN6. The van der Waals surface area contributed by atoms with Gasteiger partial charge in [0, 0.05) is 44.6 Å². The Kier molecular flexibility index (Phi) is 9.44. The van der Waals surface area contributed by atoms with Gasteiger partial charge in [-0.2, -0.15) is 0 Å². The van der Waals surface area contributed by atoms with Crippen LogP contribution in [0.3, 0.4) is 0 Å². The van der Waals surface area contributed by atoms with Gasteiger partial charge in [0.15, 0.2) is 5.96 Å². The number of guanidine groups is 1. The van der Waals surface area contributed by atoms with E-state index in [-0.39, 0.29) is 30.0 Å². The average Bonchev–Trinajstić information content (AvgIpc) is 3.53. The van der Waals surface area contributed by atoms with Crippen molar-refractivity contribution in [1.82, 2.24) is 15.6 Å². The van der Waals surface area contributed by atoms with Crippen LogP contribution < -0.4 is 20.4 Å². The first-order chi connectivity index (χ1) is 15.2. The van der Waals surface area contributed by atoms with Crippen molar-refractivity contribution in [1.29, 1.82) is 0 Å². The van der Waals surface area contributed by atoms with Crippen LogP contribution in [0.4, 0.5) is 11.5 Å². The van der Waals surface area contributed by atoms with Gasteiger partial charge in [0.1, 0.15) is 5.82 Å². The third kappa shape index (κ3) is 6.49. The lowest BCUT2D eigenvalue weighted by molar-refractivity contribution is 0.686. The van der Waals surface area contributed by atoms with E-state index in [0.717, 1.165) is 37.0 Å². The van der Waals surface area contributed by atoms with Crippen molar-refractivity contribution < 1.29 is 0 Å². The zero-order valence-electron chi connectivity index (χ0n) is 19.4. The Morgan fingerprint density at radius 3 is 2.41 bits per heavy atom. The summed E-state index contributed by atoms with van der Waals surface area (Å²) in [6, 6.07) is 13.4. The van der Waals surface area contributed by atoms with Crippen LogP contribution in [-0.4, -0.2) is 43.7 Å². The van der Waals surface area contributed by atoms with Crippen molar-refractivity contribution in [2.24, 2.45) is 4.99 Å². The minimum Gasteiger partial charge on any atom is -0.372 e. The van der Waals surface area contributed by atoms with E-state index in [9.17, 15) is 0 Å². The number of hydrogen-bond donors (Lipinski definition) is 2. The molecule has 2 aliphatic rings. The van der Waals surface area contributed by atoms with Crippen LogP contribution >= 0.6 is 24.0 Å². The average molecular weight is 549 g/mol. The van der Waals surface area contributed by atoms with Gasteiger partial charge < -0.3 is 20.4 Å². The molecule has 1 unspecified atom stereocenters. The molecule has 7 heteroatoms. The highest BCUT2D eigenvalue weighted by Crippen LogP contribution is 2.24. The Bertz CT molecular complexity index is 857. The number of aromatic nitrogens is 1. The Hall–Kier alpha value is -2.03. The first-order valence-corrected chi connectivity index (χ1v) is 11.8. The van der Waals surface area contributed by atoms with E-state index in [4.69, 9.17) is 4.99 Å². The van der Waals surface area contributed by atoms with Crippen LogP contribution in [0.5, 0.6) is 0 Å². The number of benzene rings is 1. The number of pyridine rings is 1. The molecule has 1 atom stereocenters. The van der Waals surface area contributed by atoms with Crippen LogP contribution in [0.2, 0.25) is 0 Å². The van der Waals surface area contributed by atoms with E-state index in [0.29, 0.717) is 6.54 Å². The van der Waals surface area contributed by atoms with Crippen LogP contribution in [0.15, 0.2) is 47.6 Å². The first kappa shape index (κ1) is 24.6. The molecular weight excluding hydrogens is 511 g/mol. The molecule has 2 aromatic rings. The van der Waals surface area contributed by atoms with Gasteiger partial charge in [-0.05, 0) is 68.9 Å². The zero-order chi connectivity index (χ0) is 21.5. The van der Waals surface area contributed by atoms with Gasteiger partial charge in [-0.1, -0.05) is 18.2 Å². The molecule has 1 aromatic heterocycles. The maximum atomic E-state index is 4.81. The van der Waals surface area contributed by atoms with Crippen molar-refractivity contribution in [3.8, 4) is 0 Å². The lowest BCUT2D eigenvalue weighted by Crippen LogP contribution is -2.38. The quantitative estimate of drug-likeness (QED) is 0.298. The number of rotatable bonds is 7. The van der Waals surface area contributed by atoms with E-state index in [2.05, 4.69) is 75.7 Å². The summed E-state index contributed by atoms with van der Waals surface area (Å²) in [6.07, 6.45) is 7.09. The minimum absolute atomic E-state index is 0. The fraction of sp³-hybridized carbons (Fsp3) is 0.520. The van der Waals surface area contributed by atoms with Crippen molar-refractivity contribution in [2.45, 2.75) is 52.1 Å². The molecule has 32 heavy (non-hydrogen) atoms. The molecule has 2 N–H and O–H groups in total. The number of halogens is 1. The summed E-state index contributed by atoms with van der Waals surface area (Å²) < 4.78 is 0. The molecule has 2 aliphatic heterocycles. The lowest BCUT2D eigenvalue weighted by atomic mass is 10.1. The second-order valence-corrected chi connectivity index (χ2v) is 8.57. The van der Waals surface area contributed by atoms with E-state index in [1.807, 2.05) is 6.20 Å². The summed E-state index contributed by atoms with van der Waals surface area (Å²) in [7, 11) is 0. The second kappa shape index (κ2) is 12.3. The molecule has 4 rings (SSSR count). The molecule has 0 amide bonds. The molecule has 0 bridgehead atoms. The van der Waals surface area contributed by atoms with Crippen molar-refractivity contribution in [3.05, 3.63) is 53.7 Å². The van der Waals surface area contributed by atoms with Crippen molar-refractivity contribution in [2.75, 3.05) is 42.5 Å². The smallest absolute Gasteiger partial charge is 0.192 e. The maximum Gasteiger partial charge on any atom is 0.192 e. The fourth-order valence-electron chi connectivity index (χ4n) is 4.39. The van der Waals surface area contributed by atoms with Crippen molar-refractivity contribution in [3.63, 3.8) is 0 Å². The summed E-state index contributed by atoms with van der Waals surface area (Å²) in [5, 5.41) is 6.95. The van der Waals surface area contributed by atoms with Gasteiger partial charge >= 0.3 is 0 Å². The van der Waals surface area contributed by atoms with E-state index in [1.165, 1.54) is 50.0 Å². The molecule has 2 saturated heterocycles. The summed E-state index contributed by atoms with van der Waals surface area (Å²) in [5.74, 6) is 1.92. The number of hydrogen-bond acceptors (Lipinski definition) is 4. The van der Waals surface area contributed by atoms with Crippen LogP contribution in [0.1, 0.15) is 56.7 Å². The minimum atomic E-state index is 0. The zero-order valence-corrected chi connectivity index (χ0v) is 21.7. The maximum absolute atomic E-state index is 4.81. The standard InChI is InChI=1S/C25H36N6.HI/c1-3-26-25(28-19-21-11-12-24(27-18-21)31-15-6-7-16-31)29-20(2)22-9-8-10-23(17-22)30-13-4-5-14-30;/h8-12,17-18,20H,3-7,13-16,19H2,1-2H3,(H2,26,28,29);1H. The van der Waals surface area contributed by atoms with E-state index >= 15 is 0 Å². The topological polar surface area (TPSA) is 55.8 Å². The molecule has 0 saturated carbocycles. The number of nitrogens with zero attached hydrogens (tertiary/aromatic N) is 4. The van der Waals surface area contributed by atoms with Gasteiger partial charge in [0.05, 0.1) is 12.6 Å².